The van der Waals surface area contributed by atoms with Crippen molar-refractivity contribution in [1.82, 2.24) is 15.1 Å². The molecular weight excluding hydrogens is 479 g/mol. The van der Waals surface area contributed by atoms with Crippen molar-refractivity contribution in [3.05, 3.63) is 100 Å². The third kappa shape index (κ3) is 12.5. The van der Waals surface area contributed by atoms with E-state index in [0.29, 0.717) is 24.1 Å². The lowest BCUT2D eigenvalue weighted by molar-refractivity contribution is -0.115. The van der Waals surface area contributed by atoms with Gasteiger partial charge in [-0.3, -0.25) is 4.79 Å². The molecule has 0 atom stereocenters. The summed E-state index contributed by atoms with van der Waals surface area (Å²) in [7, 11) is 3.70. The number of carbonyl (C=O) groups excluding carboxylic acids is 1. The Morgan fingerprint density at radius 2 is 1.84 bits per heavy atom. The van der Waals surface area contributed by atoms with E-state index in [1.54, 1.807) is 31.8 Å². The highest BCUT2D eigenvalue weighted by Crippen LogP contribution is 2.31. The van der Waals surface area contributed by atoms with Gasteiger partial charge in [0.2, 0.25) is 5.91 Å². The smallest absolute Gasteiger partial charge is 0.229 e. The first-order valence-corrected chi connectivity index (χ1v) is 13.2. The van der Waals surface area contributed by atoms with Crippen molar-refractivity contribution in [2.24, 2.45) is 0 Å². The van der Waals surface area contributed by atoms with Gasteiger partial charge in [0, 0.05) is 25.6 Å². The molecule has 0 bridgehead atoms. The minimum Gasteiger partial charge on any atom is -0.509 e. The molecule has 1 rings (SSSR count). The van der Waals surface area contributed by atoms with Crippen LogP contribution >= 0.6 is 11.8 Å². The first-order chi connectivity index (χ1) is 17.5. The molecule has 0 aliphatic carbocycles. The molecule has 8 heteroatoms. The number of unbranched alkanes of at least 4 members (excludes halogenated alkanes) is 1. The van der Waals surface area contributed by atoms with Crippen LogP contribution in [0.1, 0.15) is 58.6 Å². The monoisotopic (exact) mass is 520 g/mol. The zero-order chi connectivity index (χ0) is 28.0. The van der Waals surface area contributed by atoms with E-state index in [9.17, 15) is 9.90 Å². The lowest BCUT2D eigenvalue weighted by atomic mass is 9.94. The summed E-state index contributed by atoms with van der Waals surface area (Å²) >= 11 is 1.55. The summed E-state index contributed by atoms with van der Waals surface area (Å²) in [5.74, 6) is 0.552. The highest BCUT2D eigenvalue weighted by atomic mass is 32.2. The van der Waals surface area contributed by atoms with Gasteiger partial charge in [0.15, 0.2) is 5.82 Å². The van der Waals surface area contributed by atoms with E-state index in [-0.39, 0.29) is 11.7 Å². The topological polar surface area (TPSA) is 78.4 Å². The van der Waals surface area contributed by atoms with E-state index >= 15 is 0 Å². The maximum absolute atomic E-state index is 12.0. The first kappa shape index (κ1) is 31.8. The number of aryl methyl sites for hydroxylation is 1. The second kappa shape index (κ2) is 16.5. The standard InChI is InChI=1S/C29H41BN4O2S/c1-9-20(3)17-29(36)31-28-16-15-26(32-33-28)14-12-11-13-22(5)37-24(7)34(8)21(4)18-25(10-2)19-27(35)23(6)30/h9-10,15-16,19,35H,4-7,11-14,17-18,30H2,1-3,8H3,(H,31,33,36)/b20-9+,25-10-,27-19+. The van der Waals surface area contributed by atoms with Gasteiger partial charge in [-0.15, -0.1) is 11.7 Å². The third-order valence-electron chi connectivity index (χ3n) is 5.71. The Hall–Kier alpha value is -3.26. The normalized spacial score (nSPS) is 12.2. The number of hydrogen-bond acceptors (Lipinski definition) is 6. The molecule has 37 heavy (non-hydrogen) atoms. The number of allylic oxidation sites excluding steroid dienone is 6. The fraction of sp³-hybridized carbons (Fsp3) is 0.345. The van der Waals surface area contributed by atoms with Crippen LogP contribution in [0.3, 0.4) is 0 Å². The van der Waals surface area contributed by atoms with Gasteiger partial charge in [0.1, 0.15) is 13.6 Å². The Labute approximate surface area is 228 Å². The van der Waals surface area contributed by atoms with E-state index in [1.807, 2.05) is 50.9 Å². The summed E-state index contributed by atoms with van der Waals surface area (Å²) in [5, 5.41) is 22.0. The molecule has 198 valence electrons. The van der Waals surface area contributed by atoms with E-state index < -0.39 is 0 Å². The lowest BCUT2D eigenvalue weighted by Gasteiger charge is -2.24. The van der Waals surface area contributed by atoms with E-state index in [4.69, 9.17) is 0 Å². The average Bonchev–Trinajstić information content (AvgIpc) is 2.86. The van der Waals surface area contributed by atoms with Crippen LogP contribution in [0.2, 0.25) is 0 Å². The number of anilines is 1. The van der Waals surface area contributed by atoms with Crippen LogP contribution in [0.5, 0.6) is 0 Å². The van der Waals surface area contributed by atoms with Crippen molar-refractivity contribution in [1.29, 1.82) is 0 Å². The molecule has 1 heterocycles. The summed E-state index contributed by atoms with van der Waals surface area (Å²) in [6, 6.07) is 3.70. The van der Waals surface area contributed by atoms with Crippen LogP contribution in [-0.2, 0) is 11.2 Å². The fourth-order valence-corrected chi connectivity index (χ4v) is 3.93. The van der Waals surface area contributed by atoms with Gasteiger partial charge >= 0.3 is 0 Å². The molecule has 1 aromatic rings. The number of hydrogen-bond donors (Lipinski definition) is 2. The SMILES string of the molecule is BC(=C)/C(O)=C\C(=C/C)CC(=C)N(C)C(=C)SC(=C)CCCCc1ccc(NC(=O)C/C(C)=C/C)nn1. The molecule has 0 aliphatic rings. The van der Waals surface area contributed by atoms with Gasteiger partial charge < -0.3 is 15.3 Å². The highest BCUT2D eigenvalue weighted by Gasteiger charge is 2.11. The fourth-order valence-electron chi connectivity index (χ4n) is 3.08. The minimum absolute atomic E-state index is 0.0920. The zero-order valence-electron chi connectivity index (χ0n) is 23.1. The Morgan fingerprint density at radius 3 is 2.41 bits per heavy atom. The molecule has 1 amide bonds. The molecule has 0 fully saturated rings. The van der Waals surface area contributed by atoms with Gasteiger partial charge in [-0.1, -0.05) is 54.7 Å². The number of thioether (sulfide) groups is 1. The molecule has 0 radical (unpaired) electrons. The molecule has 1 aromatic heterocycles. The number of nitrogens with zero attached hydrogens (tertiary/aromatic N) is 3. The summed E-state index contributed by atoms with van der Waals surface area (Å²) in [6.07, 6.45) is 10.1. The van der Waals surface area contributed by atoms with Crippen LogP contribution in [0, 0.1) is 0 Å². The van der Waals surface area contributed by atoms with Crippen LogP contribution in [0.25, 0.3) is 0 Å². The maximum atomic E-state index is 12.0. The summed E-state index contributed by atoms with van der Waals surface area (Å²) < 4.78 is 0. The van der Waals surface area contributed by atoms with Crippen LogP contribution in [-0.4, -0.2) is 41.0 Å². The second-order valence-electron chi connectivity index (χ2n) is 8.99. The number of amides is 1. The van der Waals surface area contributed by atoms with Crippen LogP contribution in [0.4, 0.5) is 5.82 Å². The molecule has 0 aromatic carbocycles. The Bertz CT molecular complexity index is 1090. The van der Waals surface area contributed by atoms with Crippen LogP contribution < -0.4 is 5.32 Å². The zero-order valence-corrected chi connectivity index (χ0v) is 23.9. The third-order valence-corrected chi connectivity index (χ3v) is 6.71. The van der Waals surface area contributed by atoms with Gasteiger partial charge in [0.25, 0.3) is 0 Å². The largest absolute Gasteiger partial charge is 0.509 e. The Kier molecular flexibility index (Phi) is 14.2. The lowest BCUT2D eigenvalue weighted by Crippen LogP contribution is -2.14. The number of aliphatic hydroxyl groups is 1. The molecular formula is C29H41BN4O2S. The number of carbonyl (C=O) groups is 1. The van der Waals surface area contributed by atoms with Crippen molar-refractivity contribution in [2.45, 2.75) is 59.3 Å². The van der Waals surface area contributed by atoms with Crippen LogP contribution in [0.15, 0.2) is 94.7 Å². The Morgan fingerprint density at radius 1 is 1.14 bits per heavy atom. The average molecular weight is 521 g/mol. The van der Waals surface area contributed by atoms with Crippen molar-refractivity contribution >= 4 is 31.3 Å². The van der Waals surface area contributed by atoms with Gasteiger partial charge in [-0.05, 0) is 75.1 Å². The summed E-state index contributed by atoms with van der Waals surface area (Å²) in [4.78, 5) is 15.0. The van der Waals surface area contributed by atoms with Crippen molar-refractivity contribution in [3.8, 4) is 0 Å². The molecule has 0 spiro atoms. The molecule has 0 saturated heterocycles. The number of aliphatic hydroxyl groups excluding tert-OH is 1. The summed E-state index contributed by atoms with van der Waals surface area (Å²) in [6.45, 7) is 22.1. The summed E-state index contributed by atoms with van der Waals surface area (Å²) in [5.41, 5.74) is 4.36. The van der Waals surface area contributed by atoms with E-state index in [0.717, 1.165) is 58.2 Å². The molecule has 0 unspecified atom stereocenters. The van der Waals surface area contributed by atoms with Gasteiger partial charge in [-0.2, -0.15) is 5.10 Å². The molecule has 0 saturated carbocycles. The Balaban J connectivity index is 2.42. The molecule has 0 aliphatic heterocycles. The number of aromatic nitrogens is 2. The van der Waals surface area contributed by atoms with E-state index in [2.05, 4.69) is 41.8 Å². The molecule has 6 nitrogen and oxygen atoms in total. The van der Waals surface area contributed by atoms with E-state index in [1.165, 1.54) is 0 Å². The van der Waals surface area contributed by atoms with Crippen molar-refractivity contribution < 1.29 is 9.90 Å². The van der Waals surface area contributed by atoms with Gasteiger partial charge in [0.05, 0.1) is 10.7 Å². The second-order valence-corrected chi connectivity index (χ2v) is 10.2. The highest BCUT2D eigenvalue weighted by molar-refractivity contribution is 8.06. The predicted molar refractivity (Wildman–Crippen MR) is 162 cm³/mol. The maximum Gasteiger partial charge on any atom is 0.229 e. The minimum atomic E-state index is -0.0920. The first-order valence-electron chi connectivity index (χ1n) is 12.4. The molecule has 2 N–H and O–H groups in total. The van der Waals surface area contributed by atoms with Crippen molar-refractivity contribution in [2.75, 3.05) is 12.4 Å². The number of nitrogens with one attached hydrogen (secondary N) is 1. The van der Waals surface area contributed by atoms with Gasteiger partial charge in [-0.25, -0.2) is 0 Å². The quantitative estimate of drug-likeness (QED) is 0.0844. The number of rotatable bonds is 16. The predicted octanol–water partition coefficient (Wildman–Crippen LogP) is 6.57. The van der Waals surface area contributed by atoms with Crippen molar-refractivity contribution in [3.63, 3.8) is 0 Å².